The topological polar surface area (TPSA) is 73.9 Å². The molecule has 0 aromatic heterocycles. The van der Waals surface area contributed by atoms with Crippen molar-refractivity contribution in [1.82, 2.24) is 5.32 Å². The zero-order chi connectivity index (χ0) is 18.7. The Labute approximate surface area is 148 Å². The Hall–Kier alpha value is -2.50. The molecule has 0 aliphatic carbocycles. The molecule has 136 valence electrons. The highest BCUT2D eigenvalue weighted by Gasteiger charge is 2.32. The van der Waals surface area contributed by atoms with Crippen LogP contribution in [0.25, 0.3) is 0 Å². The first-order valence-electron chi connectivity index (χ1n) is 8.21. The Morgan fingerprint density at radius 2 is 1.84 bits per heavy atom. The molecule has 1 aliphatic heterocycles. The molecule has 1 aromatic rings. The largest absolute Gasteiger partial charge is 0.457 e. The van der Waals surface area contributed by atoms with Crippen LogP contribution in [-0.2, 0) is 19.0 Å². The Balaban J connectivity index is 2.18. The molecule has 0 radical (unpaired) electrons. The van der Waals surface area contributed by atoms with Crippen molar-refractivity contribution in [2.24, 2.45) is 0 Å². The Bertz CT molecular complexity index is 658. The molecule has 1 atom stereocenters. The highest BCUT2D eigenvalue weighted by atomic mass is 16.7. The van der Waals surface area contributed by atoms with E-state index in [4.69, 9.17) is 14.2 Å². The fourth-order valence-corrected chi connectivity index (χ4v) is 2.46. The predicted octanol–water partition coefficient (Wildman–Crippen LogP) is 3.84. The summed E-state index contributed by atoms with van der Waals surface area (Å²) in [5.74, 6) is -1.05. The van der Waals surface area contributed by atoms with Crippen molar-refractivity contribution in [3.8, 4) is 0 Å². The van der Waals surface area contributed by atoms with E-state index in [0.717, 1.165) is 5.56 Å². The summed E-state index contributed by atoms with van der Waals surface area (Å²) in [6.07, 6.45) is 1.08. The number of carbonyl (C=O) groups excluding carboxylic acids is 2. The van der Waals surface area contributed by atoms with Crippen LogP contribution in [0.5, 0.6) is 0 Å². The van der Waals surface area contributed by atoms with Gasteiger partial charge in [-0.1, -0.05) is 30.3 Å². The van der Waals surface area contributed by atoms with E-state index in [-0.39, 0.29) is 0 Å². The van der Waals surface area contributed by atoms with E-state index in [1.54, 1.807) is 34.6 Å². The summed E-state index contributed by atoms with van der Waals surface area (Å²) >= 11 is 0. The van der Waals surface area contributed by atoms with E-state index < -0.39 is 29.5 Å². The molecule has 0 saturated heterocycles. The van der Waals surface area contributed by atoms with Crippen molar-refractivity contribution in [1.29, 1.82) is 0 Å². The average Bonchev–Trinajstić information content (AvgIpc) is 2.43. The molecule has 2 rings (SSSR count). The third-order valence-corrected chi connectivity index (χ3v) is 3.30. The second kappa shape index (κ2) is 7.17. The highest BCUT2D eigenvalue weighted by Crippen LogP contribution is 2.29. The van der Waals surface area contributed by atoms with Crippen molar-refractivity contribution in [2.45, 2.75) is 58.5 Å². The molecule has 6 nitrogen and oxygen atoms in total. The first-order chi connectivity index (χ1) is 11.5. The molecule has 1 N–H and O–H groups in total. The van der Waals surface area contributed by atoms with Crippen LogP contribution in [0.15, 0.2) is 42.2 Å². The van der Waals surface area contributed by atoms with E-state index in [2.05, 4.69) is 5.32 Å². The van der Waals surface area contributed by atoms with Crippen LogP contribution in [0.1, 0.15) is 52.6 Å². The molecular weight excluding hydrogens is 322 g/mol. The molecular formula is C19H25NO5. The quantitative estimate of drug-likeness (QED) is 0.838. The van der Waals surface area contributed by atoms with Gasteiger partial charge in [0, 0.05) is 20.3 Å². The second-order valence-electron chi connectivity index (χ2n) is 7.35. The number of nitrogens with one attached hydrogen (secondary N) is 1. The van der Waals surface area contributed by atoms with Crippen LogP contribution < -0.4 is 5.32 Å². The van der Waals surface area contributed by atoms with E-state index in [1.165, 1.54) is 6.08 Å². The SMILES string of the molecule is CC(C)(C)OC(=O)NC(CC1=CC(=O)OC(C)(C)O1)c1ccccc1. The van der Waals surface area contributed by atoms with Crippen LogP contribution in [-0.4, -0.2) is 23.5 Å². The van der Waals surface area contributed by atoms with Gasteiger partial charge in [0.1, 0.15) is 11.4 Å². The van der Waals surface area contributed by atoms with Gasteiger partial charge in [-0.3, -0.25) is 0 Å². The molecule has 6 heteroatoms. The molecule has 0 saturated carbocycles. The molecule has 1 heterocycles. The molecule has 0 spiro atoms. The highest BCUT2D eigenvalue weighted by molar-refractivity contribution is 5.83. The van der Waals surface area contributed by atoms with Crippen LogP contribution in [0.3, 0.4) is 0 Å². The van der Waals surface area contributed by atoms with Crippen molar-refractivity contribution < 1.29 is 23.8 Å². The zero-order valence-corrected chi connectivity index (χ0v) is 15.3. The van der Waals surface area contributed by atoms with E-state index in [0.29, 0.717) is 12.2 Å². The average molecular weight is 347 g/mol. The lowest BCUT2D eigenvalue weighted by Crippen LogP contribution is -2.37. The maximum atomic E-state index is 12.2. The standard InChI is InChI=1S/C19H25NO5/c1-18(2,3)25-17(22)20-15(13-9-7-6-8-10-13)11-14-12-16(21)24-19(4,5)23-14/h6-10,12,15H,11H2,1-5H3,(H,20,22). The van der Waals surface area contributed by atoms with Crippen LogP contribution >= 0.6 is 0 Å². The smallest absolute Gasteiger partial charge is 0.408 e. The summed E-state index contributed by atoms with van der Waals surface area (Å²) in [5.41, 5.74) is 0.284. The van der Waals surface area contributed by atoms with Gasteiger partial charge in [0.25, 0.3) is 0 Å². The summed E-state index contributed by atoms with van der Waals surface area (Å²) in [6, 6.07) is 9.05. The van der Waals surface area contributed by atoms with Crippen molar-refractivity contribution in [3.05, 3.63) is 47.7 Å². The first kappa shape index (κ1) is 18.8. The Morgan fingerprint density at radius 3 is 2.40 bits per heavy atom. The summed E-state index contributed by atoms with van der Waals surface area (Å²) in [4.78, 5) is 23.9. The van der Waals surface area contributed by atoms with Crippen molar-refractivity contribution >= 4 is 12.1 Å². The van der Waals surface area contributed by atoms with Crippen LogP contribution in [0, 0.1) is 0 Å². The van der Waals surface area contributed by atoms with Gasteiger partial charge in [0.2, 0.25) is 5.79 Å². The van der Waals surface area contributed by atoms with Crippen LogP contribution in [0.4, 0.5) is 4.79 Å². The third kappa shape index (κ3) is 6.14. The number of carbonyl (C=O) groups is 2. The van der Waals surface area contributed by atoms with E-state index in [1.807, 2.05) is 30.3 Å². The molecule has 1 amide bonds. The maximum Gasteiger partial charge on any atom is 0.408 e. The van der Waals surface area contributed by atoms with Crippen LogP contribution in [0.2, 0.25) is 0 Å². The third-order valence-electron chi connectivity index (χ3n) is 3.30. The molecule has 0 fully saturated rings. The van der Waals surface area contributed by atoms with Gasteiger partial charge in [-0.2, -0.15) is 0 Å². The summed E-state index contributed by atoms with van der Waals surface area (Å²) in [6.45, 7) is 8.73. The van der Waals surface area contributed by atoms with Gasteiger partial charge < -0.3 is 19.5 Å². The first-order valence-corrected chi connectivity index (χ1v) is 8.21. The molecule has 1 aliphatic rings. The number of benzene rings is 1. The minimum Gasteiger partial charge on any atom is -0.457 e. The van der Waals surface area contributed by atoms with Crippen molar-refractivity contribution in [2.75, 3.05) is 0 Å². The normalized spacial score (nSPS) is 17.6. The Morgan fingerprint density at radius 1 is 1.20 bits per heavy atom. The number of ether oxygens (including phenoxy) is 3. The van der Waals surface area contributed by atoms with Crippen molar-refractivity contribution in [3.63, 3.8) is 0 Å². The zero-order valence-electron chi connectivity index (χ0n) is 15.3. The molecule has 1 aromatic carbocycles. The fourth-order valence-electron chi connectivity index (χ4n) is 2.46. The summed E-state index contributed by atoms with van der Waals surface area (Å²) < 4.78 is 16.1. The van der Waals surface area contributed by atoms with Gasteiger partial charge in [-0.25, -0.2) is 9.59 Å². The maximum absolute atomic E-state index is 12.2. The predicted molar refractivity (Wildman–Crippen MR) is 92.5 cm³/mol. The molecule has 25 heavy (non-hydrogen) atoms. The number of amides is 1. The van der Waals surface area contributed by atoms with E-state index >= 15 is 0 Å². The van der Waals surface area contributed by atoms with Gasteiger partial charge in [0.05, 0.1) is 12.1 Å². The molecule has 1 unspecified atom stereocenters. The Kier molecular flexibility index (Phi) is 5.40. The lowest BCUT2D eigenvalue weighted by molar-refractivity contribution is -0.206. The number of hydrogen-bond donors (Lipinski definition) is 1. The number of alkyl carbamates (subject to hydrolysis) is 1. The van der Waals surface area contributed by atoms with Gasteiger partial charge in [-0.15, -0.1) is 0 Å². The van der Waals surface area contributed by atoms with Gasteiger partial charge in [-0.05, 0) is 26.3 Å². The number of rotatable bonds is 4. The van der Waals surface area contributed by atoms with E-state index in [9.17, 15) is 9.59 Å². The lowest BCUT2D eigenvalue weighted by Gasteiger charge is -2.32. The minimum atomic E-state index is -1.03. The lowest BCUT2D eigenvalue weighted by atomic mass is 10.0. The second-order valence-corrected chi connectivity index (χ2v) is 7.35. The number of esters is 1. The number of cyclic esters (lactones) is 1. The number of hydrogen-bond acceptors (Lipinski definition) is 5. The monoisotopic (exact) mass is 347 g/mol. The van der Waals surface area contributed by atoms with Gasteiger partial charge in [0.15, 0.2) is 0 Å². The fraction of sp³-hybridized carbons (Fsp3) is 0.474. The summed E-state index contributed by atoms with van der Waals surface area (Å²) in [7, 11) is 0. The minimum absolute atomic E-state index is 0.307. The van der Waals surface area contributed by atoms with Gasteiger partial charge >= 0.3 is 12.1 Å². The summed E-state index contributed by atoms with van der Waals surface area (Å²) in [5, 5.41) is 2.85. The molecule has 0 bridgehead atoms.